The Labute approximate surface area is 192 Å². The Morgan fingerprint density at radius 1 is 1.28 bits per heavy atom. The molecule has 168 valence electrons. The van der Waals surface area contributed by atoms with E-state index in [-0.39, 0.29) is 12.5 Å². The number of aliphatic hydroxyl groups excluding tert-OH is 1. The predicted octanol–water partition coefficient (Wildman–Crippen LogP) is 3.71. The largest absolute Gasteiger partial charge is 0.394 e. The first-order chi connectivity index (χ1) is 15.5. The maximum absolute atomic E-state index is 12.8. The molecular weight excluding hydrogens is 428 g/mol. The molecule has 2 aromatic heterocycles. The van der Waals surface area contributed by atoms with E-state index >= 15 is 0 Å². The fraction of sp³-hybridized carbons (Fsp3) is 0.348. The summed E-state index contributed by atoms with van der Waals surface area (Å²) < 4.78 is 0. The topological polar surface area (TPSA) is 106 Å². The van der Waals surface area contributed by atoms with Gasteiger partial charge in [-0.15, -0.1) is 0 Å². The van der Waals surface area contributed by atoms with Crippen LogP contribution in [0.1, 0.15) is 46.9 Å². The van der Waals surface area contributed by atoms with E-state index in [1.807, 2.05) is 13.0 Å². The molecule has 8 nitrogen and oxygen atoms in total. The highest BCUT2D eigenvalue weighted by molar-refractivity contribution is 6.30. The predicted molar refractivity (Wildman–Crippen MR) is 124 cm³/mol. The first-order valence-corrected chi connectivity index (χ1v) is 11.1. The van der Waals surface area contributed by atoms with Crippen LogP contribution in [0.2, 0.25) is 5.02 Å². The minimum atomic E-state index is -0.561. The van der Waals surface area contributed by atoms with Crippen LogP contribution >= 0.6 is 11.6 Å². The van der Waals surface area contributed by atoms with Crippen molar-refractivity contribution in [1.29, 1.82) is 0 Å². The van der Waals surface area contributed by atoms with Crippen molar-refractivity contribution in [2.45, 2.75) is 32.2 Å². The van der Waals surface area contributed by atoms with E-state index in [1.165, 1.54) is 6.42 Å². The second kappa shape index (κ2) is 10.1. The van der Waals surface area contributed by atoms with Gasteiger partial charge in [-0.1, -0.05) is 30.2 Å². The van der Waals surface area contributed by atoms with Gasteiger partial charge in [-0.3, -0.25) is 10.2 Å². The monoisotopic (exact) mass is 454 g/mol. The third-order valence-corrected chi connectivity index (χ3v) is 5.76. The summed E-state index contributed by atoms with van der Waals surface area (Å²) in [5.41, 5.74) is 6.86. The van der Waals surface area contributed by atoms with Gasteiger partial charge >= 0.3 is 0 Å². The number of hydrazine groups is 1. The molecule has 0 bridgehead atoms. The van der Waals surface area contributed by atoms with E-state index in [4.69, 9.17) is 11.6 Å². The highest BCUT2D eigenvalue weighted by Gasteiger charge is 2.18. The Hall–Kier alpha value is -2.94. The van der Waals surface area contributed by atoms with Crippen molar-refractivity contribution in [3.63, 3.8) is 0 Å². The molecule has 32 heavy (non-hydrogen) atoms. The summed E-state index contributed by atoms with van der Waals surface area (Å²) in [5, 5.41) is 15.3. The molecule has 1 amide bonds. The Morgan fingerprint density at radius 2 is 2.09 bits per heavy atom. The van der Waals surface area contributed by atoms with E-state index in [2.05, 4.69) is 30.7 Å². The fourth-order valence-corrected chi connectivity index (χ4v) is 3.99. The Kier molecular flexibility index (Phi) is 7.04. The number of aromatic nitrogens is 3. The summed E-state index contributed by atoms with van der Waals surface area (Å²) in [4.78, 5) is 24.9. The smallest absolute Gasteiger partial charge is 0.268 e. The van der Waals surface area contributed by atoms with Crippen molar-refractivity contribution in [2.75, 3.05) is 25.1 Å². The molecule has 1 atom stereocenters. The number of H-pyrrole nitrogens is 1. The number of nitrogens with one attached hydrogen (secondary N) is 3. The van der Waals surface area contributed by atoms with Crippen LogP contribution in [0.4, 0.5) is 5.95 Å². The summed E-state index contributed by atoms with van der Waals surface area (Å²) in [5.74, 6) is 0.217. The zero-order valence-corrected chi connectivity index (χ0v) is 18.7. The highest BCUT2D eigenvalue weighted by atomic mass is 35.5. The average molecular weight is 455 g/mol. The molecule has 1 saturated heterocycles. The van der Waals surface area contributed by atoms with Gasteiger partial charge < -0.3 is 15.4 Å². The first-order valence-electron chi connectivity index (χ1n) is 10.7. The standard InChI is InChI=1S/C23H27ClN6O2/c1-15-12-26-23(29-30-8-3-2-4-9-30)28-21(15)17-11-19(25-13-17)22(32)27-20(14-31)16-6-5-7-18(24)10-16/h5-7,10-13,20,25,31H,2-4,8-9,14H2,1H3,(H,27,32)(H,26,28,29)/t20-/m1/s1. The number of amides is 1. The molecule has 1 aliphatic heterocycles. The summed E-state index contributed by atoms with van der Waals surface area (Å²) in [7, 11) is 0. The molecule has 4 N–H and O–H groups in total. The third-order valence-electron chi connectivity index (χ3n) is 5.53. The van der Waals surface area contributed by atoms with E-state index < -0.39 is 6.04 Å². The average Bonchev–Trinajstić information content (AvgIpc) is 3.29. The van der Waals surface area contributed by atoms with Crippen molar-refractivity contribution < 1.29 is 9.90 Å². The molecule has 0 radical (unpaired) electrons. The molecule has 1 aromatic carbocycles. The number of hydrogen-bond donors (Lipinski definition) is 4. The molecule has 0 saturated carbocycles. The second-order valence-corrected chi connectivity index (χ2v) is 8.39. The highest BCUT2D eigenvalue weighted by Crippen LogP contribution is 2.24. The van der Waals surface area contributed by atoms with Crippen LogP contribution in [0.15, 0.2) is 42.7 Å². The number of rotatable bonds is 7. The minimum Gasteiger partial charge on any atom is -0.394 e. The number of piperidine rings is 1. The molecule has 3 aromatic rings. The van der Waals surface area contributed by atoms with Gasteiger partial charge in [0.15, 0.2) is 0 Å². The zero-order valence-electron chi connectivity index (χ0n) is 17.9. The van der Waals surface area contributed by atoms with Crippen molar-refractivity contribution >= 4 is 23.5 Å². The normalized spacial score (nSPS) is 15.3. The third kappa shape index (κ3) is 5.27. The molecule has 0 aliphatic carbocycles. The number of halogens is 1. The number of nitrogens with zero attached hydrogens (tertiary/aromatic N) is 3. The van der Waals surface area contributed by atoms with Gasteiger partial charge in [0, 0.05) is 36.1 Å². The zero-order chi connectivity index (χ0) is 22.5. The van der Waals surface area contributed by atoms with Gasteiger partial charge in [0.05, 0.1) is 18.3 Å². The minimum absolute atomic E-state index is 0.240. The molecular formula is C23H27ClN6O2. The molecule has 1 aliphatic rings. The number of aromatic amines is 1. The lowest BCUT2D eigenvalue weighted by Crippen LogP contribution is -2.35. The quantitative estimate of drug-likeness (QED) is 0.433. The van der Waals surface area contributed by atoms with Crippen molar-refractivity contribution in [3.8, 4) is 11.3 Å². The molecule has 1 fully saturated rings. The lowest BCUT2D eigenvalue weighted by Gasteiger charge is -2.26. The van der Waals surface area contributed by atoms with E-state index in [0.717, 1.165) is 48.3 Å². The van der Waals surface area contributed by atoms with E-state index in [1.54, 1.807) is 36.7 Å². The summed E-state index contributed by atoms with van der Waals surface area (Å²) >= 11 is 6.04. The van der Waals surface area contributed by atoms with Crippen LogP contribution < -0.4 is 10.7 Å². The van der Waals surface area contributed by atoms with Gasteiger partial charge in [0.25, 0.3) is 5.91 Å². The van der Waals surface area contributed by atoms with Crippen LogP contribution in [-0.2, 0) is 0 Å². The lowest BCUT2D eigenvalue weighted by atomic mass is 10.1. The van der Waals surface area contributed by atoms with Crippen molar-refractivity contribution in [3.05, 3.63) is 64.6 Å². The molecule has 4 rings (SSSR count). The van der Waals surface area contributed by atoms with Crippen LogP contribution in [0.5, 0.6) is 0 Å². The second-order valence-electron chi connectivity index (χ2n) is 7.95. The molecule has 0 unspecified atom stereocenters. The molecule has 9 heteroatoms. The van der Waals surface area contributed by atoms with Gasteiger partial charge in [-0.25, -0.2) is 15.0 Å². The maximum Gasteiger partial charge on any atom is 0.268 e. The summed E-state index contributed by atoms with van der Waals surface area (Å²) in [6, 6.07) is 8.26. The van der Waals surface area contributed by atoms with Gasteiger partial charge in [0.2, 0.25) is 5.95 Å². The maximum atomic E-state index is 12.8. The lowest BCUT2D eigenvalue weighted by molar-refractivity contribution is 0.0912. The first kappa shape index (κ1) is 22.3. The number of anilines is 1. The van der Waals surface area contributed by atoms with Crippen LogP contribution in [0.25, 0.3) is 11.3 Å². The summed E-state index contributed by atoms with van der Waals surface area (Å²) in [6.07, 6.45) is 7.10. The van der Waals surface area contributed by atoms with Gasteiger partial charge in [0.1, 0.15) is 5.69 Å². The Balaban J connectivity index is 1.49. The number of hydrogen-bond acceptors (Lipinski definition) is 6. The van der Waals surface area contributed by atoms with Gasteiger partial charge in [-0.05, 0) is 49.1 Å². The number of carbonyl (C=O) groups excluding carboxylic acids is 1. The number of aliphatic hydroxyl groups is 1. The van der Waals surface area contributed by atoms with Crippen LogP contribution in [0.3, 0.4) is 0 Å². The number of benzene rings is 1. The van der Waals surface area contributed by atoms with Crippen molar-refractivity contribution in [2.24, 2.45) is 0 Å². The SMILES string of the molecule is Cc1cnc(NN2CCCCC2)nc1-c1c[nH]c(C(=O)N[C@H](CO)c2cccc(Cl)c2)c1. The number of aryl methyl sites for hydroxylation is 1. The number of carbonyl (C=O) groups is 1. The van der Waals surface area contributed by atoms with Crippen molar-refractivity contribution in [1.82, 2.24) is 25.3 Å². The van der Waals surface area contributed by atoms with Crippen LogP contribution in [0, 0.1) is 6.92 Å². The Morgan fingerprint density at radius 3 is 2.84 bits per heavy atom. The van der Waals surface area contributed by atoms with E-state index in [9.17, 15) is 9.90 Å². The molecule has 3 heterocycles. The Bertz CT molecular complexity index is 1080. The fourth-order valence-electron chi connectivity index (χ4n) is 3.79. The van der Waals surface area contributed by atoms with Gasteiger partial charge in [-0.2, -0.15) is 0 Å². The summed E-state index contributed by atoms with van der Waals surface area (Å²) in [6.45, 7) is 3.64. The van der Waals surface area contributed by atoms with E-state index in [0.29, 0.717) is 16.7 Å². The molecule has 0 spiro atoms. The van der Waals surface area contributed by atoms with Crippen LogP contribution in [-0.4, -0.2) is 50.7 Å².